The van der Waals surface area contributed by atoms with Gasteiger partial charge in [-0.05, 0) is 38.6 Å². The fourth-order valence-electron chi connectivity index (χ4n) is 4.07. The zero-order valence-corrected chi connectivity index (χ0v) is 13.4. The zero-order valence-electron chi connectivity index (χ0n) is 13.4. The van der Waals surface area contributed by atoms with Crippen LogP contribution in [0.3, 0.4) is 0 Å². The summed E-state index contributed by atoms with van der Waals surface area (Å²) in [5.41, 5.74) is 5.65. The van der Waals surface area contributed by atoms with E-state index in [1.54, 1.807) is 6.92 Å². The summed E-state index contributed by atoms with van der Waals surface area (Å²) in [6, 6.07) is 0.422. The van der Waals surface area contributed by atoms with Crippen LogP contribution in [0, 0.1) is 0 Å². The first-order valence-corrected chi connectivity index (χ1v) is 8.38. The van der Waals surface area contributed by atoms with E-state index in [0.717, 1.165) is 58.0 Å². The Labute approximate surface area is 127 Å². The Bertz CT molecular complexity index is 386. The van der Waals surface area contributed by atoms with E-state index in [1.165, 1.54) is 0 Å². The molecule has 2 fully saturated rings. The van der Waals surface area contributed by atoms with Crippen LogP contribution in [0.2, 0.25) is 0 Å². The predicted molar refractivity (Wildman–Crippen MR) is 82.6 cm³/mol. The van der Waals surface area contributed by atoms with Crippen LogP contribution < -0.4 is 5.73 Å². The third kappa shape index (κ3) is 3.57. The molecule has 5 nitrogen and oxygen atoms in total. The second-order valence-corrected chi connectivity index (χ2v) is 6.43. The molecule has 2 saturated heterocycles. The van der Waals surface area contributed by atoms with Crippen LogP contribution in [-0.2, 0) is 9.59 Å². The van der Waals surface area contributed by atoms with Crippen LogP contribution in [0.15, 0.2) is 0 Å². The number of hydrogen-bond donors (Lipinski definition) is 1. The number of amides is 2. The van der Waals surface area contributed by atoms with Crippen LogP contribution in [0.25, 0.3) is 0 Å². The van der Waals surface area contributed by atoms with Gasteiger partial charge in [-0.2, -0.15) is 0 Å². The molecule has 0 aromatic heterocycles. The summed E-state index contributed by atoms with van der Waals surface area (Å²) in [5, 5.41) is 0. The summed E-state index contributed by atoms with van der Waals surface area (Å²) in [6.07, 6.45) is 7.25. The smallest absolute Gasteiger partial charge is 0.234 e. The Morgan fingerprint density at radius 1 is 1.19 bits per heavy atom. The van der Waals surface area contributed by atoms with Crippen LogP contribution in [0.5, 0.6) is 0 Å². The van der Waals surface area contributed by atoms with Crippen molar-refractivity contribution >= 4 is 11.8 Å². The molecule has 2 aliphatic heterocycles. The van der Waals surface area contributed by atoms with Crippen molar-refractivity contribution in [2.24, 2.45) is 5.73 Å². The number of primary amides is 1. The summed E-state index contributed by atoms with van der Waals surface area (Å²) < 4.78 is 0. The molecule has 0 bridgehead atoms. The molecule has 120 valence electrons. The van der Waals surface area contributed by atoms with Crippen molar-refractivity contribution in [3.05, 3.63) is 0 Å². The van der Waals surface area contributed by atoms with Crippen LogP contribution in [0.4, 0.5) is 0 Å². The topological polar surface area (TPSA) is 66.6 Å². The maximum Gasteiger partial charge on any atom is 0.234 e. The molecule has 0 saturated carbocycles. The number of nitrogens with zero attached hydrogens (tertiary/aromatic N) is 2. The standard InChI is InChI=1S/C16H29N3O2/c1-3-4-7-15(16(17)21)19-11-6-9-14(19)13-8-5-10-18(13)12(2)20/h13-15H,3-11H2,1-2H3,(H2,17,21)/t13-,14-,15-/m1/s1. The van der Waals surface area contributed by atoms with Gasteiger partial charge in [-0.1, -0.05) is 19.8 Å². The molecule has 0 unspecified atom stereocenters. The monoisotopic (exact) mass is 295 g/mol. The molecule has 2 aliphatic rings. The van der Waals surface area contributed by atoms with Gasteiger partial charge in [0.1, 0.15) is 0 Å². The molecule has 2 rings (SSSR count). The lowest BCUT2D eigenvalue weighted by Crippen LogP contribution is -2.54. The van der Waals surface area contributed by atoms with Crippen molar-refractivity contribution in [1.29, 1.82) is 0 Å². The first kappa shape index (κ1) is 16.3. The van der Waals surface area contributed by atoms with E-state index in [0.29, 0.717) is 6.04 Å². The summed E-state index contributed by atoms with van der Waals surface area (Å²) >= 11 is 0. The van der Waals surface area contributed by atoms with Crippen molar-refractivity contribution in [3.8, 4) is 0 Å². The number of carbonyl (C=O) groups excluding carboxylic acids is 2. The van der Waals surface area contributed by atoms with Crippen LogP contribution in [0.1, 0.15) is 58.8 Å². The van der Waals surface area contributed by atoms with E-state index in [9.17, 15) is 9.59 Å². The van der Waals surface area contributed by atoms with Gasteiger partial charge >= 0.3 is 0 Å². The Morgan fingerprint density at radius 2 is 1.86 bits per heavy atom. The third-order valence-corrected chi connectivity index (χ3v) is 5.05. The predicted octanol–water partition coefficient (Wildman–Crippen LogP) is 1.51. The highest BCUT2D eigenvalue weighted by atomic mass is 16.2. The summed E-state index contributed by atoms with van der Waals surface area (Å²) in [5.74, 6) is -0.0451. The second kappa shape index (κ2) is 7.25. The number of carbonyl (C=O) groups is 2. The molecular formula is C16H29N3O2. The normalized spacial score (nSPS) is 28.0. The summed E-state index contributed by atoms with van der Waals surface area (Å²) in [6.45, 7) is 5.58. The van der Waals surface area contributed by atoms with E-state index >= 15 is 0 Å². The Balaban J connectivity index is 2.11. The highest BCUT2D eigenvalue weighted by Crippen LogP contribution is 2.32. The maximum absolute atomic E-state index is 11.9. The fraction of sp³-hybridized carbons (Fsp3) is 0.875. The zero-order chi connectivity index (χ0) is 15.4. The van der Waals surface area contributed by atoms with Crippen molar-refractivity contribution in [1.82, 2.24) is 9.80 Å². The second-order valence-electron chi connectivity index (χ2n) is 6.43. The fourth-order valence-corrected chi connectivity index (χ4v) is 4.07. The van der Waals surface area contributed by atoms with E-state index in [2.05, 4.69) is 11.8 Å². The molecule has 2 heterocycles. The molecular weight excluding hydrogens is 266 g/mol. The van der Waals surface area contributed by atoms with Gasteiger partial charge in [-0.15, -0.1) is 0 Å². The number of likely N-dealkylation sites (tertiary alicyclic amines) is 2. The van der Waals surface area contributed by atoms with Crippen molar-refractivity contribution in [2.45, 2.75) is 76.9 Å². The molecule has 0 aliphatic carbocycles. The minimum Gasteiger partial charge on any atom is -0.368 e. The van der Waals surface area contributed by atoms with Crippen molar-refractivity contribution < 1.29 is 9.59 Å². The highest BCUT2D eigenvalue weighted by molar-refractivity contribution is 5.80. The Morgan fingerprint density at radius 3 is 2.48 bits per heavy atom. The number of hydrogen-bond acceptors (Lipinski definition) is 3. The molecule has 0 aromatic carbocycles. The summed E-state index contributed by atoms with van der Waals surface area (Å²) in [4.78, 5) is 28.0. The average Bonchev–Trinajstić information content (AvgIpc) is 3.06. The average molecular weight is 295 g/mol. The maximum atomic E-state index is 11.9. The van der Waals surface area contributed by atoms with E-state index in [-0.39, 0.29) is 23.9 Å². The highest BCUT2D eigenvalue weighted by Gasteiger charge is 2.42. The molecule has 21 heavy (non-hydrogen) atoms. The largest absolute Gasteiger partial charge is 0.368 e. The van der Waals surface area contributed by atoms with Gasteiger partial charge in [-0.3, -0.25) is 14.5 Å². The van der Waals surface area contributed by atoms with Crippen LogP contribution in [-0.4, -0.2) is 52.8 Å². The molecule has 0 radical (unpaired) electrons. The molecule has 0 spiro atoms. The van der Waals surface area contributed by atoms with Gasteiger partial charge in [0.25, 0.3) is 0 Å². The van der Waals surface area contributed by atoms with E-state index in [1.807, 2.05) is 4.90 Å². The Hall–Kier alpha value is -1.10. The number of nitrogens with two attached hydrogens (primary N) is 1. The third-order valence-electron chi connectivity index (χ3n) is 5.05. The summed E-state index contributed by atoms with van der Waals surface area (Å²) in [7, 11) is 0. The van der Waals surface area contributed by atoms with Crippen LogP contribution >= 0.6 is 0 Å². The first-order chi connectivity index (χ1) is 10.1. The number of unbranched alkanes of at least 4 members (excludes halogenated alkanes) is 1. The van der Waals surface area contributed by atoms with Gasteiger partial charge in [0, 0.05) is 25.6 Å². The lowest BCUT2D eigenvalue weighted by molar-refractivity contribution is -0.131. The van der Waals surface area contributed by atoms with Crippen molar-refractivity contribution in [3.63, 3.8) is 0 Å². The number of rotatable bonds is 6. The van der Waals surface area contributed by atoms with Gasteiger partial charge in [-0.25, -0.2) is 0 Å². The van der Waals surface area contributed by atoms with Crippen molar-refractivity contribution in [2.75, 3.05) is 13.1 Å². The molecule has 0 aromatic rings. The lowest BCUT2D eigenvalue weighted by atomic mass is 10.00. The van der Waals surface area contributed by atoms with Gasteiger partial charge < -0.3 is 10.6 Å². The van der Waals surface area contributed by atoms with Gasteiger partial charge in [0.05, 0.1) is 6.04 Å². The Kier molecular flexibility index (Phi) is 5.62. The van der Waals surface area contributed by atoms with Gasteiger partial charge in [0.15, 0.2) is 0 Å². The quantitative estimate of drug-likeness (QED) is 0.807. The van der Waals surface area contributed by atoms with Gasteiger partial charge in [0.2, 0.25) is 11.8 Å². The molecule has 5 heteroatoms. The minimum absolute atomic E-state index is 0.160. The molecule has 2 amide bonds. The van der Waals surface area contributed by atoms with E-state index < -0.39 is 0 Å². The first-order valence-electron chi connectivity index (χ1n) is 8.38. The SMILES string of the molecule is CCCC[C@H](C(N)=O)N1CCC[C@@H]1[C@H]1CCCN1C(C)=O. The van der Waals surface area contributed by atoms with E-state index in [4.69, 9.17) is 5.73 Å². The lowest BCUT2D eigenvalue weighted by Gasteiger charge is -2.37. The molecule has 3 atom stereocenters. The minimum atomic E-state index is -0.206. The molecule has 2 N–H and O–H groups in total.